The molecule has 5 nitrogen and oxygen atoms in total. The Bertz CT molecular complexity index is 505. The van der Waals surface area contributed by atoms with Crippen molar-refractivity contribution in [1.82, 2.24) is 10.2 Å². The molecule has 0 bridgehead atoms. The number of methoxy groups -OCH3 is 1. The van der Waals surface area contributed by atoms with E-state index in [0.717, 1.165) is 31.5 Å². The molecule has 1 fully saturated rings. The molecular weight excluding hydrogens is 280 g/mol. The normalized spacial score (nSPS) is 19.0. The van der Waals surface area contributed by atoms with Gasteiger partial charge in [0, 0.05) is 19.1 Å². The molecule has 1 amide bonds. The largest absolute Gasteiger partial charge is 0.496 e. The van der Waals surface area contributed by atoms with Crippen molar-refractivity contribution in [3.05, 3.63) is 29.3 Å². The summed E-state index contributed by atoms with van der Waals surface area (Å²) >= 11 is 0. The summed E-state index contributed by atoms with van der Waals surface area (Å²) in [6.07, 6.45) is 3.38. The Morgan fingerprint density at radius 1 is 1.45 bits per heavy atom. The van der Waals surface area contributed by atoms with E-state index < -0.39 is 0 Å². The first-order valence-electron chi connectivity index (χ1n) is 7.93. The van der Waals surface area contributed by atoms with Gasteiger partial charge in [-0.2, -0.15) is 0 Å². The summed E-state index contributed by atoms with van der Waals surface area (Å²) in [5, 5.41) is 12.3. The molecule has 0 unspecified atom stereocenters. The van der Waals surface area contributed by atoms with Gasteiger partial charge in [0.15, 0.2) is 0 Å². The van der Waals surface area contributed by atoms with Gasteiger partial charge in [0.2, 0.25) is 0 Å². The summed E-state index contributed by atoms with van der Waals surface area (Å²) in [6.45, 7) is 4.50. The Labute approximate surface area is 132 Å². The number of nitrogens with zero attached hydrogens (tertiary/aromatic N) is 1. The standard InChI is InChI=1S/C17H26N2O3/c1-13-6-7-15(16(11-13)22-2)17(21)18-8-10-19-9-4-3-5-14(19)12-20/h6-7,11,14,20H,3-5,8-10,12H2,1-2H3,(H,18,21)/t14-/m1/s1. The Morgan fingerprint density at radius 2 is 2.27 bits per heavy atom. The maximum atomic E-state index is 12.3. The first kappa shape index (κ1) is 16.8. The van der Waals surface area contributed by atoms with Crippen LogP contribution in [0.5, 0.6) is 5.75 Å². The molecule has 1 aliphatic heterocycles. The van der Waals surface area contributed by atoms with Crippen LogP contribution < -0.4 is 10.1 Å². The van der Waals surface area contributed by atoms with Gasteiger partial charge < -0.3 is 15.2 Å². The Kier molecular flexibility index (Phi) is 6.21. The summed E-state index contributed by atoms with van der Waals surface area (Å²) < 4.78 is 5.27. The molecule has 0 radical (unpaired) electrons. The number of aliphatic hydroxyl groups is 1. The molecule has 2 N–H and O–H groups in total. The monoisotopic (exact) mass is 306 g/mol. The predicted octanol–water partition coefficient (Wildman–Crippen LogP) is 1.58. The number of carbonyl (C=O) groups is 1. The zero-order valence-electron chi connectivity index (χ0n) is 13.5. The number of carbonyl (C=O) groups excluding carboxylic acids is 1. The van der Waals surface area contributed by atoms with Gasteiger partial charge in [0.05, 0.1) is 19.3 Å². The average molecular weight is 306 g/mol. The van der Waals surface area contributed by atoms with Crippen molar-refractivity contribution >= 4 is 5.91 Å². The molecule has 1 saturated heterocycles. The van der Waals surface area contributed by atoms with Gasteiger partial charge in [-0.3, -0.25) is 9.69 Å². The number of nitrogens with one attached hydrogen (secondary N) is 1. The smallest absolute Gasteiger partial charge is 0.255 e. The second-order valence-corrected chi connectivity index (χ2v) is 5.83. The predicted molar refractivity (Wildman–Crippen MR) is 86.4 cm³/mol. The zero-order chi connectivity index (χ0) is 15.9. The number of amides is 1. The van der Waals surface area contributed by atoms with Crippen LogP contribution in [0.1, 0.15) is 35.2 Å². The van der Waals surface area contributed by atoms with E-state index in [1.807, 2.05) is 19.1 Å². The molecule has 122 valence electrons. The van der Waals surface area contributed by atoms with Crippen molar-refractivity contribution in [3.8, 4) is 5.75 Å². The second-order valence-electron chi connectivity index (χ2n) is 5.83. The van der Waals surface area contributed by atoms with Gasteiger partial charge in [0.25, 0.3) is 5.91 Å². The van der Waals surface area contributed by atoms with Crippen molar-refractivity contribution in [2.45, 2.75) is 32.2 Å². The van der Waals surface area contributed by atoms with E-state index in [2.05, 4.69) is 10.2 Å². The van der Waals surface area contributed by atoms with Crippen molar-refractivity contribution in [3.63, 3.8) is 0 Å². The lowest BCUT2D eigenvalue weighted by atomic mass is 10.0. The van der Waals surface area contributed by atoms with E-state index in [1.54, 1.807) is 13.2 Å². The first-order valence-corrected chi connectivity index (χ1v) is 7.93. The number of piperidine rings is 1. The fraction of sp³-hybridized carbons (Fsp3) is 0.588. The van der Waals surface area contributed by atoms with Crippen LogP contribution in [0, 0.1) is 6.92 Å². The molecule has 1 heterocycles. The quantitative estimate of drug-likeness (QED) is 0.838. The minimum Gasteiger partial charge on any atom is -0.496 e. The summed E-state index contributed by atoms with van der Waals surface area (Å²) in [5.41, 5.74) is 1.62. The third kappa shape index (κ3) is 4.21. The van der Waals surface area contributed by atoms with Crippen molar-refractivity contribution in [2.75, 3.05) is 33.4 Å². The number of hydrogen-bond acceptors (Lipinski definition) is 4. The number of aryl methyl sites for hydroxylation is 1. The highest BCUT2D eigenvalue weighted by Crippen LogP contribution is 2.20. The lowest BCUT2D eigenvalue weighted by Crippen LogP contribution is -2.45. The minimum absolute atomic E-state index is 0.116. The molecule has 1 aliphatic rings. The number of aliphatic hydroxyl groups excluding tert-OH is 1. The maximum Gasteiger partial charge on any atom is 0.255 e. The highest BCUT2D eigenvalue weighted by Gasteiger charge is 2.21. The van der Waals surface area contributed by atoms with Gasteiger partial charge in [0.1, 0.15) is 5.75 Å². The number of ether oxygens (including phenoxy) is 1. The summed E-state index contributed by atoms with van der Waals surface area (Å²) in [4.78, 5) is 14.5. The van der Waals surface area contributed by atoms with Gasteiger partial charge in [-0.1, -0.05) is 12.5 Å². The van der Waals surface area contributed by atoms with Crippen LogP contribution in [0.4, 0.5) is 0 Å². The number of benzene rings is 1. The third-order valence-electron chi connectivity index (χ3n) is 4.25. The fourth-order valence-electron chi connectivity index (χ4n) is 2.96. The zero-order valence-corrected chi connectivity index (χ0v) is 13.5. The molecule has 1 atom stereocenters. The maximum absolute atomic E-state index is 12.3. The van der Waals surface area contributed by atoms with Crippen LogP contribution in [0.3, 0.4) is 0 Å². The van der Waals surface area contributed by atoms with Crippen molar-refractivity contribution in [2.24, 2.45) is 0 Å². The topological polar surface area (TPSA) is 61.8 Å². The second kappa shape index (κ2) is 8.15. The van der Waals surface area contributed by atoms with Crippen LogP contribution in [0.15, 0.2) is 18.2 Å². The molecular formula is C17H26N2O3. The lowest BCUT2D eigenvalue weighted by Gasteiger charge is -2.34. The van der Waals surface area contributed by atoms with E-state index in [0.29, 0.717) is 17.9 Å². The Hall–Kier alpha value is -1.59. The SMILES string of the molecule is COc1cc(C)ccc1C(=O)NCCN1CCCC[C@@H]1CO. The highest BCUT2D eigenvalue weighted by atomic mass is 16.5. The molecule has 1 aromatic carbocycles. The third-order valence-corrected chi connectivity index (χ3v) is 4.25. The molecule has 0 spiro atoms. The molecule has 0 aromatic heterocycles. The van der Waals surface area contributed by atoms with Crippen molar-refractivity contribution < 1.29 is 14.6 Å². The highest BCUT2D eigenvalue weighted by molar-refractivity contribution is 5.97. The molecule has 5 heteroatoms. The number of likely N-dealkylation sites (tertiary alicyclic amines) is 1. The van der Waals surface area contributed by atoms with Gasteiger partial charge >= 0.3 is 0 Å². The fourth-order valence-corrected chi connectivity index (χ4v) is 2.96. The van der Waals surface area contributed by atoms with E-state index in [9.17, 15) is 9.90 Å². The average Bonchev–Trinajstić information content (AvgIpc) is 2.54. The molecule has 22 heavy (non-hydrogen) atoms. The van der Waals surface area contributed by atoms with E-state index in [4.69, 9.17) is 4.74 Å². The molecule has 1 aromatic rings. The van der Waals surface area contributed by atoms with E-state index >= 15 is 0 Å². The van der Waals surface area contributed by atoms with Gasteiger partial charge in [-0.25, -0.2) is 0 Å². The van der Waals surface area contributed by atoms with E-state index in [-0.39, 0.29) is 18.6 Å². The van der Waals surface area contributed by atoms with Crippen LogP contribution in [0.2, 0.25) is 0 Å². The Balaban J connectivity index is 1.87. The molecule has 0 saturated carbocycles. The number of hydrogen-bond donors (Lipinski definition) is 2. The van der Waals surface area contributed by atoms with Gasteiger partial charge in [-0.05, 0) is 44.0 Å². The minimum atomic E-state index is -0.116. The van der Waals surface area contributed by atoms with E-state index in [1.165, 1.54) is 6.42 Å². The lowest BCUT2D eigenvalue weighted by molar-refractivity contribution is 0.0848. The van der Waals surface area contributed by atoms with Crippen LogP contribution in [0.25, 0.3) is 0 Å². The first-order chi connectivity index (χ1) is 10.7. The van der Waals surface area contributed by atoms with Crippen LogP contribution >= 0.6 is 0 Å². The van der Waals surface area contributed by atoms with Crippen LogP contribution in [-0.2, 0) is 0 Å². The molecule has 0 aliphatic carbocycles. The summed E-state index contributed by atoms with van der Waals surface area (Å²) in [6, 6.07) is 5.80. The summed E-state index contributed by atoms with van der Waals surface area (Å²) in [7, 11) is 1.57. The Morgan fingerprint density at radius 3 is 3.00 bits per heavy atom. The number of rotatable bonds is 6. The van der Waals surface area contributed by atoms with Gasteiger partial charge in [-0.15, -0.1) is 0 Å². The van der Waals surface area contributed by atoms with Crippen molar-refractivity contribution in [1.29, 1.82) is 0 Å². The van der Waals surface area contributed by atoms with Crippen LogP contribution in [-0.4, -0.2) is 55.3 Å². The summed E-state index contributed by atoms with van der Waals surface area (Å²) in [5.74, 6) is 0.484. The molecule has 2 rings (SSSR count).